The summed E-state index contributed by atoms with van der Waals surface area (Å²) >= 11 is 0. The zero-order valence-electron chi connectivity index (χ0n) is 21.2. The molecule has 1 aliphatic heterocycles. The molecule has 0 unspecified atom stereocenters. The highest BCUT2D eigenvalue weighted by Gasteiger charge is 2.27. The van der Waals surface area contributed by atoms with Gasteiger partial charge in [-0.05, 0) is 49.1 Å². The number of ether oxygens (including phenoxy) is 1. The molecule has 0 bridgehead atoms. The van der Waals surface area contributed by atoms with Crippen LogP contribution in [0.4, 0.5) is 17.2 Å². The van der Waals surface area contributed by atoms with E-state index in [2.05, 4.69) is 82.5 Å². The van der Waals surface area contributed by atoms with E-state index in [-0.39, 0.29) is 12.1 Å². The van der Waals surface area contributed by atoms with Gasteiger partial charge in [0, 0.05) is 44.6 Å². The highest BCUT2D eigenvalue weighted by molar-refractivity contribution is 6.01. The standard InChI is InChI=1S/C29H36N4O2/c1-21(2)24-10-12-25(13-11-24)31-26-14-15-30-28(27(26)29(34)35-22(3)4)33-18-16-32(17-19-33)20-23-8-6-5-7-9-23/h5-15,21-22H,16-20H2,1-4H3,(H,30,31). The molecule has 184 valence electrons. The summed E-state index contributed by atoms with van der Waals surface area (Å²) in [6.07, 6.45) is 1.55. The number of anilines is 3. The second kappa shape index (κ2) is 11.4. The number of nitrogens with zero attached hydrogens (tertiary/aromatic N) is 3. The molecule has 0 saturated carbocycles. The molecule has 35 heavy (non-hydrogen) atoms. The fraction of sp³-hybridized carbons (Fsp3) is 0.379. The molecule has 0 radical (unpaired) electrons. The van der Waals surface area contributed by atoms with Crippen molar-refractivity contribution < 1.29 is 9.53 Å². The summed E-state index contributed by atoms with van der Waals surface area (Å²) in [6.45, 7) is 12.4. The van der Waals surface area contributed by atoms with Crippen LogP contribution in [0.5, 0.6) is 0 Å². The number of rotatable bonds is 8. The van der Waals surface area contributed by atoms with Crippen molar-refractivity contribution in [3.8, 4) is 0 Å². The molecule has 1 saturated heterocycles. The van der Waals surface area contributed by atoms with E-state index < -0.39 is 0 Å². The van der Waals surface area contributed by atoms with Crippen molar-refractivity contribution in [2.24, 2.45) is 0 Å². The number of aromatic nitrogens is 1. The molecule has 1 aromatic heterocycles. The number of carbonyl (C=O) groups excluding carboxylic acids is 1. The number of piperazine rings is 1. The van der Waals surface area contributed by atoms with E-state index in [1.165, 1.54) is 11.1 Å². The van der Waals surface area contributed by atoms with E-state index in [9.17, 15) is 4.79 Å². The molecule has 6 nitrogen and oxygen atoms in total. The first-order valence-corrected chi connectivity index (χ1v) is 12.5. The monoisotopic (exact) mass is 472 g/mol. The third-order valence-electron chi connectivity index (χ3n) is 6.26. The van der Waals surface area contributed by atoms with Gasteiger partial charge in [-0.2, -0.15) is 0 Å². The molecule has 4 rings (SSSR count). The van der Waals surface area contributed by atoms with Crippen molar-refractivity contribution in [3.05, 3.63) is 83.6 Å². The van der Waals surface area contributed by atoms with Gasteiger partial charge in [0.25, 0.3) is 0 Å². The molecule has 0 aliphatic carbocycles. The minimum absolute atomic E-state index is 0.212. The molecule has 6 heteroatoms. The van der Waals surface area contributed by atoms with Gasteiger partial charge in [-0.1, -0.05) is 56.3 Å². The van der Waals surface area contributed by atoms with E-state index in [4.69, 9.17) is 4.74 Å². The summed E-state index contributed by atoms with van der Waals surface area (Å²) in [5.74, 6) is 0.795. The van der Waals surface area contributed by atoms with Gasteiger partial charge < -0.3 is 15.0 Å². The Bertz CT molecular complexity index is 1110. The summed E-state index contributed by atoms with van der Waals surface area (Å²) in [4.78, 5) is 22.5. The maximum absolute atomic E-state index is 13.2. The third-order valence-corrected chi connectivity index (χ3v) is 6.26. The SMILES string of the molecule is CC(C)OC(=O)c1c(Nc2ccc(C(C)C)cc2)ccnc1N1CCN(Cc2ccccc2)CC1. The number of esters is 1. The van der Waals surface area contributed by atoms with Crippen LogP contribution >= 0.6 is 0 Å². The molecule has 1 fully saturated rings. The van der Waals surface area contributed by atoms with Crippen LogP contribution in [0.25, 0.3) is 0 Å². The minimum atomic E-state index is -0.351. The average molecular weight is 473 g/mol. The van der Waals surface area contributed by atoms with E-state index in [0.29, 0.717) is 23.0 Å². The van der Waals surface area contributed by atoms with Crippen LogP contribution in [-0.4, -0.2) is 48.1 Å². The summed E-state index contributed by atoms with van der Waals surface area (Å²) in [6, 6.07) is 20.7. The Kier molecular flexibility index (Phi) is 8.03. The lowest BCUT2D eigenvalue weighted by molar-refractivity contribution is 0.0379. The van der Waals surface area contributed by atoms with Gasteiger partial charge in [0.15, 0.2) is 0 Å². The first-order chi connectivity index (χ1) is 16.9. The highest BCUT2D eigenvalue weighted by atomic mass is 16.5. The molecule has 0 spiro atoms. The van der Waals surface area contributed by atoms with E-state index in [1.54, 1.807) is 6.20 Å². The molecule has 2 heterocycles. The zero-order valence-corrected chi connectivity index (χ0v) is 21.2. The van der Waals surface area contributed by atoms with Crippen molar-refractivity contribution in [2.45, 2.75) is 46.3 Å². The largest absolute Gasteiger partial charge is 0.459 e. The fourth-order valence-corrected chi connectivity index (χ4v) is 4.34. The van der Waals surface area contributed by atoms with E-state index in [1.807, 2.05) is 26.0 Å². The van der Waals surface area contributed by atoms with Crippen molar-refractivity contribution >= 4 is 23.2 Å². The number of nitrogens with one attached hydrogen (secondary N) is 1. The first kappa shape index (κ1) is 24.7. The van der Waals surface area contributed by atoms with Crippen molar-refractivity contribution in [1.29, 1.82) is 0 Å². The van der Waals surface area contributed by atoms with Crippen LogP contribution < -0.4 is 10.2 Å². The number of carbonyl (C=O) groups is 1. The second-order valence-electron chi connectivity index (χ2n) is 9.66. The predicted octanol–water partition coefficient (Wildman–Crippen LogP) is 5.84. The van der Waals surface area contributed by atoms with Gasteiger partial charge in [0.05, 0.1) is 11.8 Å². The molecule has 1 N–H and O–H groups in total. The smallest absolute Gasteiger partial charge is 0.344 e. The number of hydrogen-bond acceptors (Lipinski definition) is 6. The van der Waals surface area contributed by atoms with Crippen LogP contribution in [0.3, 0.4) is 0 Å². The number of pyridine rings is 1. The summed E-state index contributed by atoms with van der Waals surface area (Å²) in [5, 5.41) is 3.44. The molecule has 0 atom stereocenters. The number of benzene rings is 2. The molecule has 3 aromatic rings. The number of hydrogen-bond donors (Lipinski definition) is 1. The van der Waals surface area contributed by atoms with Crippen molar-refractivity contribution in [2.75, 3.05) is 36.4 Å². The van der Waals surface area contributed by atoms with E-state index >= 15 is 0 Å². The lowest BCUT2D eigenvalue weighted by Gasteiger charge is -2.36. The Hall–Kier alpha value is -3.38. The summed E-state index contributed by atoms with van der Waals surface area (Å²) in [7, 11) is 0. The van der Waals surface area contributed by atoms with Gasteiger partial charge in [-0.15, -0.1) is 0 Å². The van der Waals surface area contributed by atoms with Crippen LogP contribution in [0.2, 0.25) is 0 Å². The van der Waals surface area contributed by atoms with Crippen LogP contribution in [0, 0.1) is 0 Å². The maximum Gasteiger partial charge on any atom is 0.344 e. The van der Waals surface area contributed by atoms with Crippen LogP contribution in [0.1, 0.15) is 55.1 Å². The Morgan fingerprint density at radius 3 is 2.26 bits per heavy atom. The van der Waals surface area contributed by atoms with Gasteiger partial charge >= 0.3 is 5.97 Å². The summed E-state index contributed by atoms with van der Waals surface area (Å²) in [5.41, 5.74) is 4.72. The maximum atomic E-state index is 13.2. The van der Waals surface area contributed by atoms with E-state index in [0.717, 1.165) is 38.4 Å². The zero-order chi connectivity index (χ0) is 24.8. The fourth-order valence-electron chi connectivity index (χ4n) is 4.34. The third kappa shape index (κ3) is 6.40. The summed E-state index contributed by atoms with van der Waals surface area (Å²) < 4.78 is 5.64. The van der Waals surface area contributed by atoms with Crippen molar-refractivity contribution in [1.82, 2.24) is 9.88 Å². The molecule has 1 aliphatic rings. The Balaban J connectivity index is 1.55. The predicted molar refractivity (Wildman–Crippen MR) is 143 cm³/mol. The quantitative estimate of drug-likeness (QED) is 0.416. The topological polar surface area (TPSA) is 57.7 Å². The molecule has 2 aromatic carbocycles. The normalized spacial score (nSPS) is 14.4. The van der Waals surface area contributed by atoms with Crippen LogP contribution in [0.15, 0.2) is 66.9 Å². The Morgan fingerprint density at radius 2 is 1.63 bits per heavy atom. The average Bonchev–Trinajstić information content (AvgIpc) is 2.85. The minimum Gasteiger partial charge on any atom is -0.459 e. The lowest BCUT2D eigenvalue weighted by Crippen LogP contribution is -2.46. The lowest BCUT2D eigenvalue weighted by atomic mass is 10.0. The second-order valence-corrected chi connectivity index (χ2v) is 9.66. The first-order valence-electron chi connectivity index (χ1n) is 12.5. The highest BCUT2D eigenvalue weighted by Crippen LogP contribution is 2.30. The van der Waals surface area contributed by atoms with Gasteiger partial charge in [-0.25, -0.2) is 9.78 Å². The molecular formula is C29H36N4O2. The van der Waals surface area contributed by atoms with Crippen LogP contribution in [-0.2, 0) is 11.3 Å². The van der Waals surface area contributed by atoms with Gasteiger partial charge in [0.2, 0.25) is 0 Å². The molecular weight excluding hydrogens is 436 g/mol. The van der Waals surface area contributed by atoms with Crippen molar-refractivity contribution in [3.63, 3.8) is 0 Å². The van der Waals surface area contributed by atoms with Gasteiger partial charge in [0.1, 0.15) is 11.4 Å². The molecule has 0 amide bonds. The van der Waals surface area contributed by atoms with Gasteiger partial charge in [-0.3, -0.25) is 4.90 Å². The Labute approximate surface area is 208 Å². The Morgan fingerprint density at radius 1 is 0.943 bits per heavy atom.